The number of carbonyl (C=O) groups is 2. The van der Waals surface area contributed by atoms with E-state index in [2.05, 4.69) is 20.5 Å². The second-order valence-corrected chi connectivity index (χ2v) is 8.29. The van der Waals surface area contributed by atoms with Gasteiger partial charge < -0.3 is 10.4 Å². The van der Waals surface area contributed by atoms with Crippen LogP contribution in [0.15, 0.2) is 18.3 Å². The van der Waals surface area contributed by atoms with E-state index in [9.17, 15) is 9.59 Å². The molecule has 4 rings (SSSR count). The lowest BCUT2D eigenvalue weighted by Crippen LogP contribution is -2.55. The Morgan fingerprint density at radius 3 is 2.52 bits per heavy atom. The van der Waals surface area contributed by atoms with Crippen LogP contribution in [-0.4, -0.2) is 52.2 Å². The summed E-state index contributed by atoms with van der Waals surface area (Å²) in [6, 6.07) is 4.02. The lowest BCUT2D eigenvalue weighted by molar-refractivity contribution is -0.139. The molecule has 1 heterocycles. The van der Waals surface area contributed by atoms with E-state index in [1.165, 1.54) is 37.7 Å². The van der Waals surface area contributed by atoms with Crippen LogP contribution >= 0.6 is 0 Å². The number of amides is 2. The lowest BCUT2D eigenvalue weighted by atomic mass is 9.81. The van der Waals surface area contributed by atoms with Gasteiger partial charge in [-0.15, -0.1) is 0 Å². The zero-order valence-corrected chi connectivity index (χ0v) is 15.6. The molecule has 146 valence electrons. The molecule has 3 saturated carbocycles. The van der Waals surface area contributed by atoms with E-state index in [0.717, 1.165) is 19.4 Å². The van der Waals surface area contributed by atoms with E-state index in [1.54, 1.807) is 0 Å². The van der Waals surface area contributed by atoms with Gasteiger partial charge in [0.2, 0.25) is 0 Å². The maximum absolute atomic E-state index is 12.2. The first-order chi connectivity index (χ1) is 13.1. The molecule has 0 aromatic carbocycles. The number of nitrogens with zero attached hydrogens (tertiary/aromatic N) is 2. The van der Waals surface area contributed by atoms with Crippen LogP contribution in [0.4, 0.5) is 10.6 Å². The van der Waals surface area contributed by atoms with E-state index >= 15 is 0 Å². The van der Waals surface area contributed by atoms with Crippen molar-refractivity contribution < 1.29 is 14.7 Å². The summed E-state index contributed by atoms with van der Waals surface area (Å²) in [4.78, 5) is 29.7. The number of carboxylic acids is 1. The number of urea groups is 1. The van der Waals surface area contributed by atoms with Crippen molar-refractivity contribution in [3.05, 3.63) is 23.9 Å². The molecular formula is C20H28N4O3. The average Bonchev–Trinajstić information content (AvgIpc) is 3.33. The number of rotatable bonds is 8. The summed E-state index contributed by atoms with van der Waals surface area (Å²) in [6.45, 7) is 0.963. The SMILES string of the molecule is O=C(O)CN(CC1CC1)C1CC(NC(=O)Nc2ccc(C3CCC3)cn2)C1. The third kappa shape index (κ3) is 4.77. The fraction of sp³-hybridized carbons (Fsp3) is 0.650. The largest absolute Gasteiger partial charge is 0.480 e. The summed E-state index contributed by atoms with van der Waals surface area (Å²) in [5.74, 6) is 1.08. The van der Waals surface area contributed by atoms with E-state index in [-0.39, 0.29) is 24.7 Å². The zero-order chi connectivity index (χ0) is 18.8. The quantitative estimate of drug-likeness (QED) is 0.652. The first kappa shape index (κ1) is 18.2. The van der Waals surface area contributed by atoms with Gasteiger partial charge in [-0.2, -0.15) is 0 Å². The van der Waals surface area contributed by atoms with Crippen molar-refractivity contribution in [2.75, 3.05) is 18.4 Å². The topological polar surface area (TPSA) is 94.6 Å². The second kappa shape index (κ2) is 7.84. The van der Waals surface area contributed by atoms with Gasteiger partial charge in [-0.05, 0) is 62.0 Å². The monoisotopic (exact) mass is 372 g/mol. The van der Waals surface area contributed by atoms with E-state index in [4.69, 9.17) is 5.11 Å². The number of nitrogens with one attached hydrogen (secondary N) is 2. The summed E-state index contributed by atoms with van der Waals surface area (Å²) < 4.78 is 0. The minimum Gasteiger partial charge on any atom is -0.480 e. The van der Waals surface area contributed by atoms with Crippen LogP contribution in [0.1, 0.15) is 56.4 Å². The van der Waals surface area contributed by atoms with Gasteiger partial charge in [-0.3, -0.25) is 15.0 Å². The van der Waals surface area contributed by atoms with Crippen molar-refractivity contribution in [2.45, 2.75) is 62.9 Å². The Bertz CT molecular complexity index is 679. The van der Waals surface area contributed by atoms with Crippen LogP contribution < -0.4 is 10.6 Å². The fourth-order valence-corrected chi connectivity index (χ4v) is 3.95. The number of aliphatic carboxylic acids is 1. The van der Waals surface area contributed by atoms with E-state index < -0.39 is 5.97 Å². The Labute approximate surface area is 159 Å². The van der Waals surface area contributed by atoms with E-state index in [1.807, 2.05) is 18.3 Å². The van der Waals surface area contributed by atoms with Gasteiger partial charge >= 0.3 is 12.0 Å². The predicted octanol–water partition coefficient (Wildman–Crippen LogP) is 2.80. The molecule has 0 saturated heterocycles. The normalized spacial score (nSPS) is 24.8. The molecule has 0 aliphatic heterocycles. The molecular weight excluding hydrogens is 344 g/mol. The van der Waals surface area contributed by atoms with Crippen molar-refractivity contribution >= 4 is 17.8 Å². The molecule has 3 N–H and O–H groups in total. The van der Waals surface area contributed by atoms with Gasteiger partial charge in [0.15, 0.2) is 0 Å². The molecule has 0 bridgehead atoms. The summed E-state index contributed by atoms with van der Waals surface area (Å²) in [5.41, 5.74) is 1.25. The van der Waals surface area contributed by atoms with E-state index in [0.29, 0.717) is 17.7 Å². The number of pyridine rings is 1. The highest BCUT2D eigenvalue weighted by Gasteiger charge is 2.37. The number of carboxylic acid groups (broad SMARTS) is 1. The zero-order valence-electron chi connectivity index (χ0n) is 15.6. The van der Waals surface area contributed by atoms with Crippen molar-refractivity contribution in [3.63, 3.8) is 0 Å². The van der Waals surface area contributed by atoms with Crippen molar-refractivity contribution in [1.29, 1.82) is 0 Å². The molecule has 0 atom stereocenters. The molecule has 3 aliphatic carbocycles. The second-order valence-electron chi connectivity index (χ2n) is 8.29. The smallest absolute Gasteiger partial charge is 0.320 e. The van der Waals surface area contributed by atoms with Gasteiger partial charge in [-0.25, -0.2) is 9.78 Å². The number of hydrogen-bond donors (Lipinski definition) is 3. The molecule has 3 aliphatic rings. The maximum atomic E-state index is 12.2. The Morgan fingerprint density at radius 1 is 1.19 bits per heavy atom. The summed E-state index contributed by atoms with van der Waals surface area (Å²) in [7, 11) is 0. The molecule has 27 heavy (non-hydrogen) atoms. The Hall–Kier alpha value is -2.15. The van der Waals surface area contributed by atoms with Crippen molar-refractivity contribution in [2.24, 2.45) is 5.92 Å². The summed E-state index contributed by atoms with van der Waals surface area (Å²) in [6.07, 6.45) is 9.65. The Kier molecular flexibility index (Phi) is 5.29. The molecule has 0 unspecified atom stereocenters. The van der Waals surface area contributed by atoms with Crippen molar-refractivity contribution in [3.8, 4) is 0 Å². The number of carbonyl (C=O) groups excluding carboxylic acids is 1. The van der Waals surface area contributed by atoms with Crippen LogP contribution in [0.25, 0.3) is 0 Å². The van der Waals surface area contributed by atoms with Gasteiger partial charge in [-0.1, -0.05) is 12.5 Å². The highest BCUT2D eigenvalue weighted by molar-refractivity contribution is 5.88. The van der Waals surface area contributed by atoms with Gasteiger partial charge in [0.1, 0.15) is 5.82 Å². The maximum Gasteiger partial charge on any atom is 0.320 e. The van der Waals surface area contributed by atoms with Crippen molar-refractivity contribution in [1.82, 2.24) is 15.2 Å². The molecule has 0 spiro atoms. The van der Waals surface area contributed by atoms with Gasteiger partial charge in [0.25, 0.3) is 0 Å². The van der Waals surface area contributed by atoms with Crippen LogP contribution in [0.3, 0.4) is 0 Å². The lowest BCUT2D eigenvalue weighted by Gasteiger charge is -2.42. The highest BCUT2D eigenvalue weighted by Crippen LogP contribution is 2.36. The van der Waals surface area contributed by atoms with Gasteiger partial charge in [0, 0.05) is 24.8 Å². The Balaban J connectivity index is 1.20. The average molecular weight is 372 g/mol. The summed E-state index contributed by atoms with van der Waals surface area (Å²) >= 11 is 0. The van der Waals surface area contributed by atoms with Crippen LogP contribution in [0.5, 0.6) is 0 Å². The summed E-state index contributed by atoms with van der Waals surface area (Å²) in [5, 5.41) is 14.9. The molecule has 1 aromatic rings. The number of aromatic nitrogens is 1. The molecule has 7 heteroatoms. The standard InChI is InChI=1S/C20H28N4O3/c25-19(26)12-24(11-13-4-5-13)17-8-16(9-17)22-20(27)23-18-7-6-15(10-21-18)14-2-1-3-14/h6-7,10,13-14,16-17H,1-5,8-9,11-12H2,(H,25,26)(H2,21,22,23,27). The molecule has 2 amide bonds. The molecule has 0 radical (unpaired) electrons. The number of hydrogen-bond acceptors (Lipinski definition) is 4. The van der Waals surface area contributed by atoms with Crippen LogP contribution in [0, 0.1) is 5.92 Å². The number of anilines is 1. The first-order valence-corrected chi connectivity index (χ1v) is 10.1. The highest BCUT2D eigenvalue weighted by atomic mass is 16.4. The van der Waals surface area contributed by atoms with Gasteiger partial charge in [0.05, 0.1) is 6.54 Å². The minimum atomic E-state index is -0.777. The minimum absolute atomic E-state index is 0.0946. The molecule has 3 fully saturated rings. The Morgan fingerprint density at radius 2 is 1.96 bits per heavy atom. The van der Waals surface area contributed by atoms with Crippen LogP contribution in [-0.2, 0) is 4.79 Å². The van der Waals surface area contributed by atoms with Crippen LogP contribution in [0.2, 0.25) is 0 Å². The third-order valence-electron chi connectivity index (χ3n) is 6.10. The molecule has 1 aromatic heterocycles. The third-order valence-corrected chi connectivity index (χ3v) is 6.10. The molecule has 7 nitrogen and oxygen atoms in total. The fourth-order valence-electron chi connectivity index (χ4n) is 3.95. The first-order valence-electron chi connectivity index (χ1n) is 10.1. The predicted molar refractivity (Wildman–Crippen MR) is 102 cm³/mol.